The van der Waals surface area contributed by atoms with Crippen LogP contribution in [-0.4, -0.2) is 51.1 Å². The van der Waals surface area contributed by atoms with Crippen molar-refractivity contribution < 1.29 is 13.6 Å². The fourth-order valence-electron chi connectivity index (χ4n) is 5.31. The van der Waals surface area contributed by atoms with Crippen molar-refractivity contribution in [3.8, 4) is 0 Å². The zero-order valence-electron chi connectivity index (χ0n) is 20.5. The molecule has 9 heteroatoms. The molecule has 3 heterocycles. The topological polar surface area (TPSA) is 63.1 Å². The maximum atomic E-state index is 13.5. The van der Waals surface area contributed by atoms with Crippen molar-refractivity contribution in [2.24, 2.45) is 5.92 Å². The first kappa shape index (κ1) is 25.2. The fourth-order valence-corrected chi connectivity index (χ4v) is 6.12. The molecule has 1 saturated heterocycles. The van der Waals surface area contributed by atoms with Gasteiger partial charge in [-0.05, 0) is 50.5 Å². The Kier molecular flexibility index (Phi) is 8.02. The average molecular weight is 494 g/mol. The number of rotatable bonds is 8. The van der Waals surface area contributed by atoms with Gasteiger partial charge in [-0.25, -0.2) is 8.78 Å². The molecule has 1 N–H and O–H groups in total. The number of aryl methyl sites for hydroxylation is 1. The van der Waals surface area contributed by atoms with E-state index in [-0.39, 0.29) is 43.6 Å². The van der Waals surface area contributed by atoms with Gasteiger partial charge in [-0.1, -0.05) is 19.9 Å². The molecule has 2 aromatic heterocycles. The zero-order valence-corrected chi connectivity index (χ0v) is 21.3. The average Bonchev–Trinajstić information content (AvgIpc) is 3.47. The summed E-state index contributed by atoms with van der Waals surface area (Å²) in [5.41, 5.74) is 0. The monoisotopic (exact) mass is 493 g/mol. The van der Waals surface area contributed by atoms with Crippen molar-refractivity contribution in [3.63, 3.8) is 0 Å². The molecule has 1 atom stereocenters. The van der Waals surface area contributed by atoms with Crippen LogP contribution in [0.3, 0.4) is 0 Å². The van der Waals surface area contributed by atoms with E-state index < -0.39 is 5.92 Å². The predicted molar refractivity (Wildman–Crippen MR) is 130 cm³/mol. The van der Waals surface area contributed by atoms with Crippen molar-refractivity contribution >= 4 is 17.2 Å². The molecule has 34 heavy (non-hydrogen) atoms. The van der Waals surface area contributed by atoms with E-state index in [9.17, 15) is 13.6 Å². The maximum Gasteiger partial charge on any atom is 0.248 e. The highest BCUT2D eigenvalue weighted by Crippen LogP contribution is 2.37. The second-order valence-electron chi connectivity index (χ2n) is 10.2. The maximum absolute atomic E-state index is 13.5. The van der Waals surface area contributed by atoms with Crippen LogP contribution in [0.2, 0.25) is 0 Å². The molecule has 2 aromatic rings. The summed E-state index contributed by atoms with van der Waals surface area (Å²) in [5.74, 6) is -0.584. The number of halogens is 2. The van der Waals surface area contributed by atoms with E-state index in [2.05, 4.69) is 44.9 Å². The van der Waals surface area contributed by atoms with Gasteiger partial charge in [0.25, 0.3) is 0 Å². The minimum absolute atomic E-state index is 0.0692. The summed E-state index contributed by atoms with van der Waals surface area (Å²) in [7, 11) is 0. The minimum atomic E-state index is -2.61. The van der Waals surface area contributed by atoms with Crippen molar-refractivity contribution in [3.05, 3.63) is 34.0 Å². The van der Waals surface area contributed by atoms with Crippen molar-refractivity contribution in [2.75, 3.05) is 19.6 Å². The number of hydrogen-bond acceptors (Lipinski definition) is 5. The van der Waals surface area contributed by atoms with Crippen molar-refractivity contribution in [1.29, 1.82) is 0 Å². The van der Waals surface area contributed by atoms with Crippen LogP contribution in [0.25, 0.3) is 0 Å². The molecule has 1 aliphatic carbocycles. The fraction of sp³-hybridized carbons (Fsp3) is 0.720. The summed E-state index contributed by atoms with van der Waals surface area (Å²) in [5, 5.41) is 13.9. The number of hydrogen-bond donors (Lipinski definition) is 1. The predicted octanol–water partition coefficient (Wildman–Crippen LogP) is 5.48. The van der Waals surface area contributed by atoms with Gasteiger partial charge in [0, 0.05) is 55.2 Å². The molecule has 0 radical (unpaired) electrons. The Bertz CT molecular complexity index is 927. The Balaban J connectivity index is 1.31. The molecule has 2 fully saturated rings. The number of likely N-dealkylation sites (tertiary alicyclic amines) is 1. The van der Waals surface area contributed by atoms with Gasteiger partial charge in [-0.3, -0.25) is 4.79 Å². The van der Waals surface area contributed by atoms with Gasteiger partial charge >= 0.3 is 0 Å². The van der Waals surface area contributed by atoms with Crippen LogP contribution in [0.1, 0.15) is 93.3 Å². The Morgan fingerprint density at radius 2 is 1.91 bits per heavy atom. The Morgan fingerprint density at radius 1 is 1.21 bits per heavy atom. The standard InChI is InChI=1S/C25H37F2N5OS/c1-17(2)23-30-29-18(3)32(23)20-8-13-31(14-9-20)15-10-21(22-5-4-16-34-22)28-24(33)19-6-11-25(26,27)12-7-19/h4-5,16-17,19-21H,6-15H2,1-3H3,(H,28,33). The van der Waals surface area contributed by atoms with Crippen LogP contribution in [0, 0.1) is 12.8 Å². The number of carbonyl (C=O) groups is 1. The van der Waals surface area contributed by atoms with E-state index in [1.54, 1.807) is 11.3 Å². The van der Waals surface area contributed by atoms with Gasteiger partial charge in [-0.15, -0.1) is 21.5 Å². The third-order valence-electron chi connectivity index (χ3n) is 7.36. The van der Waals surface area contributed by atoms with Gasteiger partial charge < -0.3 is 14.8 Å². The zero-order chi connectivity index (χ0) is 24.3. The van der Waals surface area contributed by atoms with Crippen LogP contribution in [0.15, 0.2) is 17.5 Å². The minimum Gasteiger partial charge on any atom is -0.348 e. The SMILES string of the molecule is Cc1nnc(C(C)C)n1C1CCN(CCC(NC(=O)C2CCC(F)(F)CC2)c2cccs2)CC1. The number of alkyl halides is 2. The van der Waals surface area contributed by atoms with E-state index in [0.717, 1.165) is 55.4 Å². The second kappa shape index (κ2) is 10.8. The number of nitrogens with zero attached hydrogens (tertiary/aromatic N) is 4. The number of amides is 1. The summed E-state index contributed by atoms with van der Waals surface area (Å²) < 4.78 is 29.3. The molecule has 1 unspecified atom stereocenters. The highest BCUT2D eigenvalue weighted by Gasteiger charge is 2.38. The molecule has 4 rings (SSSR count). The lowest BCUT2D eigenvalue weighted by Crippen LogP contribution is -2.40. The molecule has 2 aliphatic rings. The highest BCUT2D eigenvalue weighted by atomic mass is 32.1. The normalized spacial score (nSPS) is 21.1. The third-order valence-corrected chi connectivity index (χ3v) is 8.34. The number of piperidine rings is 1. The van der Waals surface area contributed by atoms with Crippen LogP contribution in [0.4, 0.5) is 8.78 Å². The molecule has 188 valence electrons. The van der Waals surface area contributed by atoms with Gasteiger partial charge in [0.05, 0.1) is 6.04 Å². The van der Waals surface area contributed by atoms with Gasteiger partial charge in [0.15, 0.2) is 0 Å². The molecule has 1 amide bonds. The van der Waals surface area contributed by atoms with Crippen molar-refractivity contribution in [1.82, 2.24) is 25.0 Å². The Labute approximate surface area is 205 Å². The molecule has 0 spiro atoms. The smallest absolute Gasteiger partial charge is 0.248 e. The molecular formula is C25H37F2N5OS. The summed E-state index contributed by atoms with van der Waals surface area (Å²) in [6, 6.07) is 4.42. The molecule has 6 nitrogen and oxygen atoms in total. The Hall–Kier alpha value is -1.87. The summed E-state index contributed by atoms with van der Waals surface area (Å²) in [6.45, 7) is 9.26. The number of carbonyl (C=O) groups excluding carboxylic acids is 1. The molecular weight excluding hydrogens is 456 g/mol. The second-order valence-corrected chi connectivity index (χ2v) is 11.2. The first-order valence-electron chi connectivity index (χ1n) is 12.6. The molecule has 0 aromatic carbocycles. The lowest BCUT2D eigenvalue weighted by Gasteiger charge is -2.34. The van der Waals surface area contributed by atoms with E-state index in [1.807, 2.05) is 18.4 Å². The van der Waals surface area contributed by atoms with Crippen LogP contribution >= 0.6 is 11.3 Å². The molecule has 1 aliphatic heterocycles. The van der Waals surface area contributed by atoms with E-state index in [0.29, 0.717) is 12.0 Å². The number of aromatic nitrogens is 3. The third kappa shape index (κ3) is 6.03. The molecule has 1 saturated carbocycles. The van der Waals surface area contributed by atoms with E-state index >= 15 is 0 Å². The largest absolute Gasteiger partial charge is 0.348 e. The van der Waals surface area contributed by atoms with Crippen molar-refractivity contribution in [2.45, 2.75) is 89.6 Å². The molecule has 0 bridgehead atoms. The van der Waals surface area contributed by atoms with Gasteiger partial charge in [0.2, 0.25) is 11.8 Å². The van der Waals surface area contributed by atoms with E-state index in [4.69, 9.17) is 0 Å². The van der Waals surface area contributed by atoms with E-state index in [1.165, 1.54) is 0 Å². The van der Waals surface area contributed by atoms with Crippen LogP contribution in [0.5, 0.6) is 0 Å². The summed E-state index contributed by atoms with van der Waals surface area (Å²) in [4.78, 5) is 16.5. The summed E-state index contributed by atoms with van der Waals surface area (Å²) >= 11 is 1.64. The first-order valence-corrected chi connectivity index (χ1v) is 13.5. The lowest BCUT2D eigenvalue weighted by molar-refractivity contribution is -0.130. The van der Waals surface area contributed by atoms with Crippen LogP contribution < -0.4 is 5.32 Å². The lowest BCUT2D eigenvalue weighted by atomic mass is 9.86. The summed E-state index contributed by atoms with van der Waals surface area (Å²) in [6.07, 6.45) is 3.11. The Morgan fingerprint density at radius 3 is 2.53 bits per heavy atom. The number of nitrogens with one attached hydrogen (secondary N) is 1. The highest BCUT2D eigenvalue weighted by molar-refractivity contribution is 7.10. The number of thiophene rings is 1. The van der Waals surface area contributed by atoms with Gasteiger partial charge in [-0.2, -0.15) is 0 Å². The first-order chi connectivity index (χ1) is 16.2. The van der Waals surface area contributed by atoms with Gasteiger partial charge in [0.1, 0.15) is 11.6 Å². The van der Waals surface area contributed by atoms with Crippen LogP contribution in [-0.2, 0) is 4.79 Å². The quantitative estimate of drug-likeness (QED) is 0.529.